The summed E-state index contributed by atoms with van der Waals surface area (Å²) >= 11 is 0. The van der Waals surface area contributed by atoms with Crippen LogP contribution in [-0.4, -0.2) is 31.5 Å². The van der Waals surface area contributed by atoms with Crippen LogP contribution in [0.5, 0.6) is 5.75 Å². The van der Waals surface area contributed by atoms with E-state index in [0.29, 0.717) is 18.8 Å². The minimum Gasteiger partial charge on any atom is -0.484 e. The van der Waals surface area contributed by atoms with E-state index in [2.05, 4.69) is 5.32 Å². The molecule has 2 amide bonds. The van der Waals surface area contributed by atoms with Crippen LogP contribution < -0.4 is 15.0 Å². The molecule has 0 bridgehead atoms. The number of hydrogen-bond donors (Lipinski definition) is 1. The third-order valence-electron chi connectivity index (χ3n) is 3.50. The summed E-state index contributed by atoms with van der Waals surface area (Å²) in [6.07, 6.45) is 0. The minimum absolute atomic E-state index is 0.0472. The van der Waals surface area contributed by atoms with E-state index in [1.165, 1.54) is 6.92 Å². The van der Waals surface area contributed by atoms with Gasteiger partial charge in [0.05, 0.1) is 0 Å². The van der Waals surface area contributed by atoms with Gasteiger partial charge in [0.2, 0.25) is 5.91 Å². The second-order valence-corrected chi connectivity index (χ2v) is 5.46. The molecule has 0 atom stereocenters. The van der Waals surface area contributed by atoms with E-state index in [1.54, 1.807) is 4.90 Å². The smallest absolute Gasteiger partial charge is 0.258 e. The molecular weight excluding hydrogens is 304 g/mol. The maximum atomic E-state index is 11.8. The lowest BCUT2D eigenvalue weighted by Crippen LogP contribution is -2.39. The molecule has 24 heavy (non-hydrogen) atoms. The summed E-state index contributed by atoms with van der Waals surface area (Å²) in [6, 6.07) is 16.9. The van der Waals surface area contributed by atoms with Crippen molar-refractivity contribution in [1.82, 2.24) is 5.32 Å². The first kappa shape index (κ1) is 17.5. The fourth-order valence-electron chi connectivity index (χ4n) is 2.22. The molecule has 0 aliphatic heterocycles. The van der Waals surface area contributed by atoms with Crippen LogP contribution >= 0.6 is 0 Å². The topological polar surface area (TPSA) is 58.6 Å². The fourth-order valence-corrected chi connectivity index (χ4v) is 2.22. The van der Waals surface area contributed by atoms with Gasteiger partial charge in [0.1, 0.15) is 5.75 Å². The van der Waals surface area contributed by atoms with Crippen LogP contribution in [0.3, 0.4) is 0 Å². The molecule has 5 nitrogen and oxygen atoms in total. The van der Waals surface area contributed by atoms with Gasteiger partial charge in [-0.1, -0.05) is 35.9 Å². The molecule has 0 unspecified atom stereocenters. The van der Waals surface area contributed by atoms with Crippen molar-refractivity contribution in [3.05, 3.63) is 60.2 Å². The second-order valence-electron chi connectivity index (χ2n) is 5.46. The number of carbonyl (C=O) groups excluding carboxylic acids is 2. The van der Waals surface area contributed by atoms with Crippen molar-refractivity contribution in [1.29, 1.82) is 0 Å². The summed E-state index contributed by atoms with van der Waals surface area (Å²) < 4.78 is 5.42. The Balaban J connectivity index is 1.76. The van der Waals surface area contributed by atoms with Crippen molar-refractivity contribution in [3.8, 4) is 5.75 Å². The van der Waals surface area contributed by atoms with Gasteiger partial charge in [-0.05, 0) is 31.2 Å². The van der Waals surface area contributed by atoms with Gasteiger partial charge >= 0.3 is 0 Å². The standard InChI is InChI=1S/C19H22N2O3/c1-15-8-10-18(11-9-15)24-14-19(23)20-12-13-21(16(2)22)17-6-4-3-5-7-17/h3-11H,12-14H2,1-2H3,(H,20,23). The molecule has 0 aliphatic rings. The van der Waals surface area contributed by atoms with E-state index in [0.717, 1.165) is 11.3 Å². The zero-order valence-electron chi connectivity index (χ0n) is 14.0. The zero-order valence-corrected chi connectivity index (χ0v) is 14.0. The van der Waals surface area contributed by atoms with Crippen molar-refractivity contribution in [2.45, 2.75) is 13.8 Å². The summed E-state index contributed by atoms with van der Waals surface area (Å²) in [5.41, 5.74) is 1.95. The Labute approximate surface area is 142 Å². The molecular formula is C19H22N2O3. The lowest BCUT2D eigenvalue weighted by Gasteiger charge is -2.21. The van der Waals surface area contributed by atoms with Crippen LogP contribution in [0.2, 0.25) is 0 Å². The quantitative estimate of drug-likeness (QED) is 0.851. The minimum atomic E-state index is -0.216. The first-order chi connectivity index (χ1) is 11.6. The number of para-hydroxylation sites is 1. The third-order valence-corrected chi connectivity index (χ3v) is 3.50. The van der Waals surface area contributed by atoms with Crippen LogP contribution in [0.1, 0.15) is 12.5 Å². The number of amides is 2. The number of anilines is 1. The Morgan fingerprint density at radius 1 is 1.04 bits per heavy atom. The summed E-state index contributed by atoms with van der Waals surface area (Å²) in [5.74, 6) is 0.379. The van der Waals surface area contributed by atoms with Crippen molar-refractivity contribution < 1.29 is 14.3 Å². The van der Waals surface area contributed by atoms with Gasteiger partial charge in [-0.25, -0.2) is 0 Å². The van der Waals surface area contributed by atoms with Crippen LogP contribution in [0.4, 0.5) is 5.69 Å². The Kier molecular flexibility index (Phi) is 6.37. The predicted octanol–water partition coefficient (Wildman–Crippen LogP) is 2.54. The van der Waals surface area contributed by atoms with Crippen molar-refractivity contribution in [3.63, 3.8) is 0 Å². The van der Waals surface area contributed by atoms with Gasteiger partial charge in [-0.3, -0.25) is 9.59 Å². The van der Waals surface area contributed by atoms with Crippen LogP contribution in [0, 0.1) is 6.92 Å². The van der Waals surface area contributed by atoms with Gasteiger partial charge in [-0.2, -0.15) is 0 Å². The van der Waals surface area contributed by atoms with E-state index in [1.807, 2.05) is 61.5 Å². The molecule has 0 saturated carbocycles. The molecule has 5 heteroatoms. The highest BCUT2D eigenvalue weighted by Gasteiger charge is 2.11. The molecule has 0 saturated heterocycles. The van der Waals surface area contributed by atoms with E-state index >= 15 is 0 Å². The van der Waals surface area contributed by atoms with E-state index in [4.69, 9.17) is 4.74 Å². The zero-order chi connectivity index (χ0) is 17.4. The number of benzene rings is 2. The SMILES string of the molecule is CC(=O)N(CCNC(=O)COc1ccc(C)cc1)c1ccccc1. The first-order valence-electron chi connectivity index (χ1n) is 7.85. The van der Waals surface area contributed by atoms with Gasteiger partial charge in [-0.15, -0.1) is 0 Å². The molecule has 0 fully saturated rings. The predicted molar refractivity (Wildman–Crippen MR) is 94.2 cm³/mol. The third kappa shape index (κ3) is 5.43. The first-order valence-corrected chi connectivity index (χ1v) is 7.85. The molecule has 2 rings (SSSR count). The average molecular weight is 326 g/mol. The molecule has 0 radical (unpaired) electrons. The van der Waals surface area contributed by atoms with Crippen molar-refractivity contribution >= 4 is 17.5 Å². The lowest BCUT2D eigenvalue weighted by molar-refractivity contribution is -0.123. The van der Waals surface area contributed by atoms with Gasteiger partial charge in [0.15, 0.2) is 6.61 Å². The summed E-state index contributed by atoms with van der Waals surface area (Å²) in [4.78, 5) is 25.2. The second kappa shape index (κ2) is 8.72. The number of ether oxygens (including phenoxy) is 1. The Morgan fingerprint density at radius 2 is 1.71 bits per heavy atom. The normalized spacial score (nSPS) is 10.1. The number of nitrogens with zero attached hydrogens (tertiary/aromatic N) is 1. The maximum Gasteiger partial charge on any atom is 0.258 e. The molecule has 126 valence electrons. The lowest BCUT2D eigenvalue weighted by atomic mass is 10.2. The molecule has 2 aromatic carbocycles. The van der Waals surface area contributed by atoms with Gasteiger partial charge in [0.25, 0.3) is 5.91 Å². The number of hydrogen-bond acceptors (Lipinski definition) is 3. The van der Waals surface area contributed by atoms with Crippen LogP contribution in [0.25, 0.3) is 0 Å². The summed E-state index contributed by atoms with van der Waals surface area (Å²) in [6.45, 7) is 4.23. The number of rotatable bonds is 7. The summed E-state index contributed by atoms with van der Waals surface area (Å²) in [5, 5.41) is 2.76. The molecule has 0 heterocycles. The molecule has 0 aromatic heterocycles. The Hall–Kier alpha value is -2.82. The fraction of sp³-hybridized carbons (Fsp3) is 0.263. The highest BCUT2D eigenvalue weighted by molar-refractivity contribution is 5.91. The number of nitrogens with one attached hydrogen (secondary N) is 1. The molecule has 0 aliphatic carbocycles. The average Bonchev–Trinajstić information content (AvgIpc) is 2.58. The van der Waals surface area contributed by atoms with E-state index < -0.39 is 0 Å². The molecule has 0 spiro atoms. The van der Waals surface area contributed by atoms with Crippen molar-refractivity contribution in [2.24, 2.45) is 0 Å². The highest BCUT2D eigenvalue weighted by Crippen LogP contribution is 2.13. The Bertz CT molecular complexity index is 669. The van der Waals surface area contributed by atoms with Gasteiger partial charge in [0, 0.05) is 25.7 Å². The van der Waals surface area contributed by atoms with E-state index in [-0.39, 0.29) is 18.4 Å². The number of carbonyl (C=O) groups is 2. The monoisotopic (exact) mass is 326 g/mol. The largest absolute Gasteiger partial charge is 0.484 e. The van der Waals surface area contributed by atoms with Crippen LogP contribution in [0.15, 0.2) is 54.6 Å². The van der Waals surface area contributed by atoms with E-state index in [9.17, 15) is 9.59 Å². The van der Waals surface area contributed by atoms with Gasteiger partial charge < -0.3 is 15.0 Å². The Morgan fingerprint density at radius 3 is 2.33 bits per heavy atom. The maximum absolute atomic E-state index is 11.8. The molecule has 2 aromatic rings. The highest BCUT2D eigenvalue weighted by atomic mass is 16.5. The summed E-state index contributed by atoms with van der Waals surface area (Å²) in [7, 11) is 0. The van der Waals surface area contributed by atoms with Crippen LogP contribution in [-0.2, 0) is 9.59 Å². The number of aryl methyl sites for hydroxylation is 1. The van der Waals surface area contributed by atoms with Crippen molar-refractivity contribution in [2.75, 3.05) is 24.6 Å². The molecule has 1 N–H and O–H groups in total.